The normalized spacial score (nSPS) is 19.4. The first-order chi connectivity index (χ1) is 14.2. The van der Waals surface area contributed by atoms with Gasteiger partial charge in [0.05, 0.1) is 11.4 Å². The van der Waals surface area contributed by atoms with Crippen molar-refractivity contribution in [2.45, 2.75) is 57.8 Å². The lowest BCUT2D eigenvalue weighted by Crippen LogP contribution is -2.40. The number of pyridine rings is 2. The molecule has 29 heavy (non-hydrogen) atoms. The Morgan fingerprint density at radius 2 is 1.48 bits per heavy atom. The van der Waals surface area contributed by atoms with E-state index in [1.165, 1.54) is 16.7 Å². The maximum Gasteiger partial charge on any atom is 0.0622 e. The lowest BCUT2D eigenvalue weighted by atomic mass is 9.90. The van der Waals surface area contributed by atoms with Crippen LogP contribution >= 0.6 is 0 Å². The summed E-state index contributed by atoms with van der Waals surface area (Å²) in [6.07, 6.45) is 8.27. The van der Waals surface area contributed by atoms with Gasteiger partial charge in [0.15, 0.2) is 0 Å². The Kier molecular flexibility index (Phi) is 6.33. The molecule has 2 aromatic heterocycles. The van der Waals surface area contributed by atoms with Crippen LogP contribution < -0.4 is 5.73 Å². The van der Waals surface area contributed by atoms with Crippen LogP contribution in [0.15, 0.2) is 67.0 Å². The molecule has 1 fully saturated rings. The van der Waals surface area contributed by atoms with Crippen molar-refractivity contribution in [1.82, 2.24) is 14.9 Å². The van der Waals surface area contributed by atoms with E-state index in [0.29, 0.717) is 12.1 Å². The minimum atomic E-state index is 0.347. The fourth-order valence-electron chi connectivity index (χ4n) is 4.29. The zero-order valence-electron chi connectivity index (χ0n) is 17.2. The Balaban J connectivity index is 1.63. The van der Waals surface area contributed by atoms with E-state index >= 15 is 0 Å². The Morgan fingerprint density at radius 1 is 0.828 bits per heavy atom. The molecule has 1 saturated carbocycles. The van der Waals surface area contributed by atoms with Crippen LogP contribution in [0.25, 0.3) is 11.1 Å². The summed E-state index contributed by atoms with van der Waals surface area (Å²) in [4.78, 5) is 12.0. The Labute approximate surface area is 173 Å². The summed E-state index contributed by atoms with van der Waals surface area (Å²) >= 11 is 0. The van der Waals surface area contributed by atoms with Gasteiger partial charge in [-0.2, -0.15) is 0 Å². The predicted octanol–water partition coefficient (Wildman–Crippen LogP) is 4.72. The largest absolute Gasteiger partial charge is 0.328 e. The number of hydrogen-bond acceptors (Lipinski definition) is 4. The number of nitrogens with two attached hydrogens (primary N) is 1. The smallest absolute Gasteiger partial charge is 0.0622 e. The first kappa shape index (κ1) is 19.7. The highest BCUT2D eigenvalue weighted by Gasteiger charge is 2.26. The summed E-state index contributed by atoms with van der Waals surface area (Å²) in [5.74, 6) is 0. The van der Waals surface area contributed by atoms with Crippen molar-refractivity contribution in [3.05, 3.63) is 83.9 Å². The van der Waals surface area contributed by atoms with Crippen molar-refractivity contribution in [1.29, 1.82) is 0 Å². The van der Waals surface area contributed by atoms with Crippen LogP contribution in [0.4, 0.5) is 0 Å². The molecule has 0 radical (unpaired) electrons. The van der Waals surface area contributed by atoms with Crippen LogP contribution in [0.3, 0.4) is 0 Å². The summed E-state index contributed by atoms with van der Waals surface area (Å²) in [7, 11) is 0. The van der Waals surface area contributed by atoms with Gasteiger partial charge in [0.2, 0.25) is 0 Å². The summed E-state index contributed by atoms with van der Waals surface area (Å²) in [5.41, 5.74) is 12.1. The summed E-state index contributed by atoms with van der Waals surface area (Å²) in [6.45, 7) is 3.81. The molecule has 0 bridgehead atoms. The molecule has 0 atom stereocenters. The molecule has 4 heteroatoms. The number of aromatic nitrogens is 2. The van der Waals surface area contributed by atoms with E-state index in [1.807, 2.05) is 24.5 Å². The Bertz CT molecular complexity index is 917. The van der Waals surface area contributed by atoms with Crippen molar-refractivity contribution in [2.75, 3.05) is 0 Å². The third-order valence-corrected chi connectivity index (χ3v) is 6.06. The average Bonchev–Trinajstić information content (AvgIpc) is 2.76. The number of rotatable bonds is 6. The third-order valence-electron chi connectivity index (χ3n) is 6.06. The van der Waals surface area contributed by atoms with Gasteiger partial charge in [0.1, 0.15) is 0 Å². The summed E-state index contributed by atoms with van der Waals surface area (Å²) < 4.78 is 0. The summed E-state index contributed by atoms with van der Waals surface area (Å²) in [5, 5.41) is 0. The van der Waals surface area contributed by atoms with E-state index in [1.54, 1.807) is 0 Å². The van der Waals surface area contributed by atoms with Crippen LogP contribution in [0.5, 0.6) is 0 Å². The zero-order valence-corrected chi connectivity index (χ0v) is 17.2. The highest BCUT2D eigenvalue weighted by molar-refractivity contribution is 5.65. The first-order valence-corrected chi connectivity index (χ1v) is 10.6. The van der Waals surface area contributed by atoms with Crippen LogP contribution in [0, 0.1) is 6.92 Å². The molecule has 0 aliphatic heterocycles. The maximum absolute atomic E-state index is 6.18. The van der Waals surface area contributed by atoms with Gasteiger partial charge in [0, 0.05) is 43.1 Å². The maximum atomic E-state index is 6.18. The molecule has 1 aliphatic carbocycles. The number of nitrogens with zero attached hydrogens (tertiary/aromatic N) is 3. The second-order valence-electron chi connectivity index (χ2n) is 8.10. The molecule has 0 saturated heterocycles. The van der Waals surface area contributed by atoms with E-state index in [9.17, 15) is 0 Å². The molecule has 4 nitrogen and oxygen atoms in total. The monoisotopic (exact) mass is 386 g/mol. The lowest BCUT2D eigenvalue weighted by Gasteiger charge is -2.36. The van der Waals surface area contributed by atoms with Crippen molar-refractivity contribution in [3.8, 4) is 11.1 Å². The molecule has 150 valence electrons. The Hall–Kier alpha value is -2.56. The van der Waals surface area contributed by atoms with Gasteiger partial charge in [-0.3, -0.25) is 14.9 Å². The van der Waals surface area contributed by atoms with E-state index in [4.69, 9.17) is 10.7 Å². The lowest BCUT2D eigenvalue weighted by molar-refractivity contribution is 0.131. The molecular weight excluding hydrogens is 356 g/mol. The standard InChI is InChI=1S/C25H30N4/c1-19-7-5-15-27-24(19)17-29(22-13-11-21(26)12-14-22)18-25-23(10-6-16-28-25)20-8-3-2-4-9-20/h2-10,15-16,21-22H,11-14,17-18,26H2,1H3. The predicted molar refractivity (Wildman–Crippen MR) is 118 cm³/mol. The van der Waals surface area contributed by atoms with Crippen molar-refractivity contribution in [2.24, 2.45) is 5.73 Å². The van der Waals surface area contributed by atoms with Gasteiger partial charge in [-0.25, -0.2) is 0 Å². The van der Waals surface area contributed by atoms with Crippen molar-refractivity contribution in [3.63, 3.8) is 0 Å². The molecule has 4 rings (SSSR count). The van der Waals surface area contributed by atoms with Gasteiger partial charge in [-0.05, 0) is 55.9 Å². The van der Waals surface area contributed by atoms with Crippen molar-refractivity contribution < 1.29 is 0 Å². The van der Waals surface area contributed by atoms with Crippen LogP contribution in [0.1, 0.15) is 42.6 Å². The fraction of sp³-hybridized carbons (Fsp3) is 0.360. The Morgan fingerprint density at radius 3 is 2.21 bits per heavy atom. The number of aryl methyl sites for hydroxylation is 1. The number of benzene rings is 1. The van der Waals surface area contributed by atoms with E-state index in [2.05, 4.69) is 59.3 Å². The minimum absolute atomic E-state index is 0.347. The van der Waals surface area contributed by atoms with E-state index in [0.717, 1.165) is 50.2 Å². The molecule has 0 amide bonds. The quantitative estimate of drug-likeness (QED) is 0.666. The highest BCUT2D eigenvalue weighted by Crippen LogP contribution is 2.28. The minimum Gasteiger partial charge on any atom is -0.328 e. The summed E-state index contributed by atoms with van der Waals surface area (Å²) in [6, 6.07) is 19.8. The van der Waals surface area contributed by atoms with Crippen molar-refractivity contribution >= 4 is 0 Å². The van der Waals surface area contributed by atoms with Gasteiger partial charge in [-0.15, -0.1) is 0 Å². The fourth-order valence-corrected chi connectivity index (χ4v) is 4.29. The van der Waals surface area contributed by atoms with E-state index in [-0.39, 0.29) is 0 Å². The van der Waals surface area contributed by atoms with E-state index < -0.39 is 0 Å². The molecule has 1 aliphatic rings. The zero-order chi connectivity index (χ0) is 20.1. The van der Waals surface area contributed by atoms with Crippen LogP contribution in [-0.4, -0.2) is 27.0 Å². The molecular formula is C25H30N4. The third kappa shape index (κ3) is 4.89. The molecule has 2 heterocycles. The number of hydrogen-bond donors (Lipinski definition) is 1. The molecule has 3 aromatic rings. The second kappa shape index (κ2) is 9.29. The SMILES string of the molecule is Cc1cccnc1CN(Cc1ncccc1-c1ccccc1)C1CCC(N)CC1. The molecule has 1 aromatic carbocycles. The second-order valence-corrected chi connectivity index (χ2v) is 8.10. The molecule has 2 N–H and O–H groups in total. The highest BCUT2D eigenvalue weighted by atomic mass is 15.2. The molecule has 0 unspecified atom stereocenters. The van der Waals surface area contributed by atoms with Gasteiger partial charge in [-0.1, -0.05) is 42.5 Å². The average molecular weight is 387 g/mol. The topological polar surface area (TPSA) is 55.0 Å². The van der Waals surface area contributed by atoms with Gasteiger partial charge < -0.3 is 5.73 Å². The van der Waals surface area contributed by atoms with Gasteiger partial charge in [0.25, 0.3) is 0 Å². The first-order valence-electron chi connectivity index (χ1n) is 10.6. The van der Waals surface area contributed by atoms with Gasteiger partial charge >= 0.3 is 0 Å². The van der Waals surface area contributed by atoms with Crippen LogP contribution in [-0.2, 0) is 13.1 Å². The van der Waals surface area contributed by atoms with Crippen LogP contribution in [0.2, 0.25) is 0 Å². The molecule has 0 spiro atoms.